The standard InChI is InChI=1S/C16H13N2O.Na/c1-19-13-8-6-12(7-9-13)16(14-4-2-10-17-14)15-5-3-11-18-15;/h2-11H,1H3;/q-1;+1/b16-14+;. The van der Waals surface area contributed by atoms with Gasteiger partial charge in [-0.1, -0.05) is 24.3 Å². The number of rotatable bonds is 3. The van der Waals surface area contributed by atoms with Crippen LogP contribution in [0, 0.1) is 0 Å². The van der Waals surface area contributed by atoms with Crippen LogP contribution in [0.5, 0.6) is 5.75 Å². The summed E-state index contributed by atoms with van der Waals surface area (Å²) in [6.07, 6.45) is 7.51. The van der Waals surface area contributed by atoms with Gasteiger partial charge in [-0.05, 0) is 35.4 Å². The summed E-state index contributed by atoms with van der Waals surface area (Å²) in [5.74, 6) is 0.842. The van der Waals surface area contributed by atoms with Crippen LogP contribution in [0.15, 0.2) is 65.4 Å². The predicted molar refractivity (Wildman–Crippen MR) is 76.4 cm³/mol. The number of ether oxygens (including phenoxy) is 1. The van der Waals surface area contributed by atoms with E-state index >= 15 is 0 Å². The first-order valence-corrected chi connectivity index (χ1v) is 6.06. The Morgan fingerprint density at radius 3 is 2.50 bits per heavy atom. The van der Waals surface area contributed by atoms with E-state index in [9.17, 15) is 0 Å². The Morgan fingerprint density at radius 1 is 1.15 bits per heavy atom. The van der Waals surface area contributed by atoms with Crippen LogP contribution in [-0.2, 0) is 0 Å². The Labute approximate surface area is 140 Å². The topological polar surface area (TPSA) is 35.7 Å². The van der Waals surface area contributed by atoms with E-state index in [2.05, 4.69) is 9.98 Å². The van der Waals surface area contributed by atoms with Gasteiger partial charge in [-0.2, -0.15) is 6.20 Å². The minimum absolute atomic E-state index is 0. The van der Waals surface area contributed by atoms with E-state index < -0.39 is 0 Å². The summed E-state index contributed by atoms with van der Waals surface area (Å²) in [6.45, 7) is 0. The molecule has 2 heterocycles. The quantitative estimate of drug-likeness (QED) is 0.741. The summed E-state index contributed by atoms with van der Waals surface area (Å²) in [5.41, 5.74) is 3.99. The SMILES string of the molecule is COc1ccc(/C(=C2/C=CC=N2)c2ccc[n-]2)cc1.[Na+]. The molecule has 0 bridgehead atoms. The fourth-order valence-electron chi connectivity index (χ4n) is 2.08. The van der Waals surface area contributed by atoms with Gasteiger partial charge in [0.05, 0.1) is 12.8 Å². The van der Waals surface area contributed by atoms with Gasteiger partial charge >= 0.3 is 29.6 Å². The number of allylic oxidation sites excluding steroid dienone is 2. The summed E-state index contributed by atoms with van der Waals surface area (Å²) in [4.78, 5) is 8.77. The molecule has 0 spiro atoms. The van der Waals surface area contributed by atoms with Gasteiger partial charge in [0.1, 0.15) is 5.75 Å². The number of nitrogens with zero attached hydrogens (tertiary/aromatic N) is 2. The van der Waals surface area contributed by atoms with Crippen LogP contribution < -0.4 is 39.3 Å². The Kier molecular flexibility index (Phi) is 5.01. The molecule has 0 aliphatic carbocycles. The van der Waals surface area contributed by atoms with Crippen molar-refractivity contribution in [2.24, 2.45) is 4.99 Å². The van der Waals surface area contributed by atoms with E-state index in [1.165, 1.54) is 0 Å². The minimum Gasteiger partial charge on any atom is -0.664 e. The van der Waals surface area contributed by atoms with Crippen LogP contribution in [0.1, 0.15) is 11.3 Å². The van der Waals surface area contributed by atoms with Gasteiger partial charge < -0.3 is 9.72 Å². The Balaban J connectivity index is 0.00000147. The van der Waals surface area contributed by atoms with Gasteiger partial charge in [-0.25, -0.2) is 0 Å². The van der Waals surface area contributed by atoms with Crippen LogP contribution >= 0.6 is 0 Å². The van der Waals surface area contributed by atoms with Crippen molar-refractivity contribution in [2.75, 3.05) is 7.11 Å². The van der Waals surface area contributed by atoms with Crippen molar-refractivity contribution >= 4 is 11.8 Å². The molecule has 3 nitrogen and oxygen atoms in total. The van der Waals surface area contributed by atoms with E-state index in [1.54, 1.807) is 19.5 Å². The maximum absolute atomic E-state index is 5.19. The number of aromatic nitrogens is 1. The van der Waals surface area contributed by atoms with E-state index in [-0.39, 0.29) is 29.6 Å². The molecule has 4 heteroatoms. The average molecular weight is 272 g/mol. The molecule has 3 rings (SSSR count). The van der Waals surface area contributed by atoms with Gasteiger partial charge in [0.25, 0.3) is 0 Å². The zero-order valence-electron chi connectivity index (χ0n) is 11.6. The van der Waals surface area contributed by atoms with Gasteiger partial charge in [0.15, 0.2) is 0 Å². The van der Waals surface area contributed by atoms with Crippen molar-refractivity contribution in [3.05, 3.63) is 71.7 Å². The molecule has 1 aliphatic rings. The van der Waals surface area contributed by atoms with E-state index in [0.29, 0.717) is 0 Å². The molecule has 0 saturated heterocycles. The minimum atomic E-state index is 0. The van der Waals surface area contributed by atoms with Crippen LogP contribution in [-0.4, -0.2) is 13.3 Å². The summed E-state index contributed by atoms with van der Waals surface area (Å²) >= 11 is 0. The predicted octanol–water partition coefficient (Wildman–Crippen LogP) is 0.0564. The molecule has 1 aromatic carbocycles. The molecule has 2 aromatic rings. The largest absolute Gasteiger partial charge is 1.00 e. The van der Waals surface area contributed by atoms with Gasteiger partial charge in [0, 0.05) is 6.21 Å². The van der Waals surface area contributed by atoms with Crippen LogP contribution in [0.4, 0.5) is 0 Å². The summed E-state index contributed by atoms with van der Waals surface area (Å²) in [6, 6.07) is 11.9. The third-order valence-corrected chi connectivity index (χ3v) is 3.00. The maximum atomic E-state index is 5.19. The van der Waals surface area contributed by atoms with Crippen molar-refractivity contribution in [2.45, 2.75) is 0 Å². The Bertz CT molecular complexity index is 638. The molecular weight excluding hydrogens is 259 g/mol. The molecule has 20 heavy (non-hydrogen) atoms. The molecule has 0 amide bonds. The van der Waals surface area contributed by atoms with Crippen LogP contribution in [0.3, 0.4) is 0 Å². The van der Waals surface area contributed by atoms with E-state index in [0.717, 1.165) is 28.3 Å². The molecule has 94 valence electrons. The molecule has 0 N–H and O–H groups in total. The molecule has 0 radical (unpaired) electrons. The first-order chi connectivity index (χ1) is 9.38. The number of benzene rings is 1. The second kappa shape index (κ2) is 6.75. The van der Waals surface area contributed by atoms with Crippen molar-refractivity contribution in [3.63, 3.8) is 0 Å². The fraction of sp³-hybridized carbons (Fsp3) is 0.0625. The van der Waals surface area contributed by atoms with Crippen molar-refractivity contribution < 1.29 is 34.3 Å². The van der Waals surface area contributed by atoms with Crippen LogP contribution in [0.25, 0.3) is 5.57 Å². The smallest absolute Gasteiger partial charge is 0.664 e. The van der Waals surface area contributed by atoms with Crippen molar-refractivity contribution in [1.29, 1.82) is 0 Å². The van der Waals surface area contributed by atoms with Gasteiger partial charge in [-0.3, -0.25) is 4.99 Å². The van der Waals surface area contributed by atoms with Crippen LogP contribution in [0.2, 0.25) is 0 Å². The molecular formula is C16H13N2NaO. The number of aliphatic imine (C=N–C) groups is 1. The first kappa shape index (κ1) is 14.9. The monoisotopic (exact) mass is 272 g/mol. The Morgan fingerprint density at radius 2 is 1.95 bits per heavy atom. The third kappa shape index (κ3) is 2.96. The van der Waals surface area contributed by atoms with E-state index in [1.807, 2.05) is 48.6 Å². The second-order valence-corrected chi connectivity index (χ2v) is 4.15. The van der Waals surface area contributed by atoms with Gasteiger partial charge in [-0.15, -0.1) is 5.69 Å². The number of hydrogen-bond acceptors (Lipinski definition) is 2. The fourth-order valence-corrected chi connectivity index (χ4v) is 2.08. The molecule has 0 fully saturated rings. The number of methoxy groups -OCH3 is 1. The summed E-state index contributed by atoms with van der Waals surface area (Å²) in [7, 11) is 1.66. The molecule has 0 atom stereocenters. The zero-order chi connectivity index (χ0) is 13.1. The summed E-state index contributed by atoms with van der Waals surface area (Å²) in [5, 5.41) is 0. The van der Waals surface area contributed by atoms with E-state index in [4.69, 9.17) is 4.74 Å². The molecule has 1 aliphatic heterocycles. The zero-order valence-corrected chi connectivity index (χ0v) is 13.6. The first-order valence-electron chi connectivity index (χ1n) is 6.06. The number of hydrogen-bond donors (Lipinski definition) is 0. The maximum Gasteiger partial charge on any atom is 1.00 e. The van der Waals surface area contributed by atoms with Gasteiger partial charge in [0.2, 0.25) is 0 Å². The molecule has 1 aromatic heterocycles. The molecule has 0 unspecified atom stereocenters. The second-order valence-electron chi connectivity index (χ2n) is 4.15. The van der Waals surface area contributed by atoms with Crippen molar-refractivity contribution in [1.82, 2.24) is 4.98 Å². The van der Waals surface area contributed by atoms with Crippen molar-refractivity contribution in [3.8, 4) is 5.75 Å². The summed E-state index contributed by atoms with van der Waals surface area (Å²) < 4.78 is 5.19. The normalized spacial score (nSPS) is 15.1. The molecule has 0 saturated carbocycles. The third-order valence-electron chi connectivity index (χ3n) is 3.00. The average Bonchev–Trinajstić information content (AvgIpc) is 3.13. The Hall–Kier alpha value is -1.55.